The quantitative estimate of drug-likeness (QED) is 0.656. The molecule has 0 fully saturated rings. The van der Waals surface area contributed by atoms with Gasteiger partial charge in [-0.3, -0.25) is 9.59 Å². The molecular formula is C19H17F3N4O4. The first kappa shape index (κ1) is 21.1. The largest absolute Gasteiger partial charge is 0.573 e. The smallest absolute Gasteiger partial charge is 0.494 e. The Balaban J connectivity index is 1.69. The highest BCUT2D eigenvalue weighted by Crippen LogP contribution is 2.24. The lowest BCUT2D eigenvalue weighted by atomic mass is 10.1. The number of carbonyl (C=O) groups excluding carboxylic acids is 1. The van der Waals surface area contributed by atoms with E-state index < -0.39 is 23.9 Å². The molecule has 0 radical (unpaired) electrons. The van der Waals surface area contributed by atoms with Crippen molar-refractivity contribution in [2.24, 2.45) is 0 Å². The van der Waals surface area contributed by atoms with E-state index >= 15 is 0 Å². The standard InChI is InChI=1S/C19H17F3N4O4/c1-11(12-6-8-13(9-7-12)30-19(20,21)22)23-16(27)10-26-18(28)14-4-3-5-15(29-2)17(14)24-25-26/h3-9,11H,10H2,1-2H3,(H,23,27)/t11-/m0/s1. The van der Waals surface area contributed by atoms with Crippen LogP contribution < -0.4 is 20.3 Å². The van der Waals surface area contributed by atoms with E-state index in [4.69, 9.17) is 4.74 Å². The number of alkyl halides is 3. The number of benzene rings is 2. The van der Waals surface area contributed by atoms with Gasteiger partial charge >= 0.3 is 6.36 Å². The molecule has 3 aromatic rings. The number of ether oxygens (including phenoxy) is 2. The molecule has 158 valence electrons. The number of hydrogen-bond donors (Lipinski definition) is 1. The third-order valence-electron chi connectivity index (χ3n) is 4.22. The zero-order valence-corrected chi connectivity index (χ0v) is 15.9. The second-order valence-corrected chi connectivity index (χ2v) is 6.31. The maximum Gasteiger partial charge on any atom is 0.573 e. The minimum Gasteiger partial charge on any atom is -0.494 e. The molecule has 1 heterocycles. The minimum absolute atomic E-state index is 0.255. The lowest BCUT2D eigenvalue weighted by Crippen LogP contribution is -2.35. The Morgan fingerprint density at radius 3 is 2.53 bits per heavy atom. The van der Waals surface area contributed by atoms with Gasteiger partial charge in [0.25, 0.3) is 5.56 Å². The topological polar surface area (TPSA) is 95.3 Å². The maximum atomic E-state index is 12.6. The van der Waals surface area contributed by atoms with Crippen LogP contribution in [0.3, 0.4) is 0 Å². The molecule has 1 atom stereocenters. The summed E-state index contributed by atoms with van der Waals surface area (Å²) < 4.78 is 46.6. The summed E-state index contributed by atoms with van der Waals surface area (Å²) in [4.78, 5) is 24.9. The van der Waals surface area contributed by atoms with Gasteiger partial charge in [0.05, 0.1) is 18.5 Å². The summed E-state index contributed by atoms with van der Waals surface area (Å²) >= 11 is 0. The van der Waals surface area contributed by atoms with E-state index in [1.807, 2.05) is 0 Å². The fourth-order valence-corrected chi connectivity index (χ4v) is 2.81. The number of hydrogen-bond acceptors (Lipinski definition) is 6. The SMILES string of the molecule is COc1cccc2c(=O)n(CC(=O)N[C@@H](C)c3ccc(OC(F)(F)F)cc3)nnc12. The number of nitrogens with one attached hydrogen (secondary N) is 1. The van der Waals surface area contributed by atoms with Crippen molar-refractivity contribution in [3.8, 4) is 11.5 Å². The first-order valence-electron chi connectivity index (χ1n) is 8.73. The van der Waals surface area contributed by atoms with Crippen LogP contribution in [0.2, 0.25) is 0 Å². The lowest BCUT2D eigenvalue weighted by molar-refractivity contribution is -0.274. The molecule has 2 aromatic carbocycles. The van der Waals surface area contributed by atoms with Crippen molar-refractivity contribution >= 4 is 16.8 Å². The van der Waals surface area contributed by atoms with Crippen molar-refractivity contribution in [3.63, 3.8) is 0 Å². The number of aromatic nitrogens is 3. The summed E-state index contributed by atoms with van der Waals surface area (Å²) in [5, 5.41) is 10.6. The summed E-state index contributed by atoms with van der Waals surface area (Å²) in [5.74, 6) is -0.491. The van der Waals surface area contributed by atoms with Crippen molar-refractivity contribution in [2.75, 3.05) is 7.11 Å². The van der Waals surface area contributed by atoms with E-state index in [0.29, 0.717) is 11.3 Å². The van der Waals surface area contributed by atoms with E-state index in [1.54, 1.807) is 25.1 Å². The fourth-order valence-electron chi connectivity index (χ4n) is 2.81. The number of halogens is 3. The van der Waals surface area contributed by atoms with Crippen LogP contribution in [0.15, 0.2) is 47.3 Å². The molecule has 0 unspecified atom stereocenters. The van der Waals surface area contributed by atoms with Gasteiger partial charge in [-0.05, 0) is 36.8 Å². The average Bonchev–Trinajstić information content (AvgIpc) is 2.69. The number of methoxy groups -OCH3 is 1. The van der Waals surface area contributed by atoms with Crippen molar-refractivity contribution < 1.29 is 27.4 Å². The highest BCUT2D eigenvalue weighted by molar-refractivity contribution is 5.83. The molecule has 1 amide bonds. The second kappa shape index (κ2) is 8.39. The van der Waals surface area contributed by atoms with Crippen LogP contribution in [-0.4, -0.2) is 34.4 Å². The fraction of sp³-hybridized carbons (Fsp3) is 0.263. The first-order valence-corrected chi connectivity index (χ1v) is 8.73. The third-order valence-corrected chi connectivity index (χ3v) is 4.22. The van der Waals surface area contributed by atoms with Crippen molar-refractivity contribution in [2.45, 2.75) is 25.9 Å². The lowest BCUT2D eigenvalue weighted by Gasteiger charge is -2.15. The first-order chi connectivity index (χ1) is 14.2. The zero-order valence-electron chi connectivity index (χ0n) is 15.9. The van der Waals surface area contributed by atoms with Crippen LogP contribution in [0.25, 0.3) is 10.9 Å². The van der Waals surface area contributed by atoms with Gasteiger partial charge in [0.15, 0.2) is 0 Å². The molecule has 11 heteroatoms. The Kier molecular flexibility index (Phi) is 5.90. The average molecular weight is 422 g/mol. The third kappa shape index (κ3) is 4.85. The monoisotopic (exact) mass is 422 g/mol. The minimum atomic E-state index is -4.78. The van der Waals surface area contributed by atoms with Gasteiger partial charge in [-0.1, -0.05) is 23.4 Å². The van der Waals surface area contributed by atoms with Crippen LogP contribution in [0.5, 0.6) is 11.5 Å². The van der Waals surface area contributed by atoms with E-state index in [0.717, 1.165) is 16.8 Å². The number of nitrogens with zero attached hydrogens (tertiary/aromatic N) is 3. The van der Waals surface area contributed by atoms with Crippen molar-refractivity contribution in [3.05, 3.63) is 58.4 Å². The highest BCUT2D eigenvalue weighted by atomic mass is 19.4. The van der Waals surface area contributed by atoms with E-state index in [-0.39, 0.29) is 23.2 Å². The molecular weight excluding hydrogens is 405 g/mol. The Labute approximate surface area is 168 Å². The maximum absolute atomic E-state index is 12.6. The molecule has 0 saturated heterocycles. The number of carbonyl (C=O) groups is 1. The zero-order chi connectivity index (χ0) is 21.9. The summed E-state index contributed by atoms with van der Waals surface area (Å²) in [5.41, 5.74) is 0.339. The molecule has 0 aliphatic carbocycles. The number of rotatable bonds is 6. The van der Waals surface area contributed by atoms with Crippen LogP contribution >= 0.6 is 0 Å². The van der Waals surface area contributed by atoms with Gasteiger partial charge in [-0.25, -0.2) is 4.68 Å². The molecule has 3 rings (SSSR count). The van der Waals surface area contributed by atoms with Crippen molar-refractivity contribution in [1.82, 2.24) is 20.3 Å². The van der Waals surface area contributed by atoms with Gasteiger partial charge in [0, 0.05) is 0 Å². The Hall–Kier alpha value is -3.63. The molecule has 0 bridgehead atoms. The summed E-state index contributed by atoms with van der Waals surface area (Å²) in [6.45, 7) is 1.27. The van der Waals surface area contributed by atoms with E-state index in [9.17, 15) is 22.8 Å². The van der Waals surface area contributed by atoms with Gasteiger partial charge in [0.1, 0.15) is 23.6 Å². The van der Waals surface area contributed by atoms with Gasteiger partial charge < -0.3 is 14.8 Å². The second-order valence-electron chi connectivity index (χ2n) is 6.31. The molecule has 8 nitrogen and oxygen atoms in total. The summed E-state index contributed by atoms with van der Waals surface area (Å²) in [7, 11) is 1.44. The molecule has 1 aromatic heterocycles. The van der Waals surface area contributed by atoms with E-state index in [1.165, 1.54) is 19.2 Å². The van der Waals surface area contributed by atoms with E-state index in [2.05, 4.69) is 20.4 Å². The Bertz CT molecular complexity index is 1110. The van der Waals surface area contributed by atoms with Gasteiger partial charge in [-0.15, -0.1) is 18.3 Å². The predicted molar refractivity (Wildman–Crippen MR) is 100 cm³/mol. The molecule has 0 saturated carbocycles. The molecule has 0 spiro atoms. The van der Waals surface area contributed by atoms with Crippen LogP contribution in [-0.2, 0) is 11.3 Å². The van der Waals surface area contributed by atoms with Crippen LogP contribution in [0.4, 0.5) is 13.2 Å². The molecule has 1 N–H and O–H groups in total. The Morgan fingerprint density at radius 1 is 1.20 bits per heavy atom. The van der Waals surface area contributed by atoms with Gasteiger partial charge in [-0.2, -0.15) is 0 Å². The molecule has 0 aliphatic heterocycles. The number of fused-ring (bicyclic) bond motifs is 1. The number of amides is 1. The Morgan fingerprint density at radius 2 is 1.90 bits per heavy atom. The predicted octanol–water partition coefficient (Wildman–Crippen LogP) is 2.58. The molecule has 0 aliphatic rings. The highest BCUT2D eigenvalue weighted by Gasteiger charge is 2.31. The van der Waals surface area contributed by atoms with Crippen LogP contribution in [0.1, 0.15) is 18.5 Å². The van der Waals surface area contributed by atoms with Crippen molar-refractivity contribution in [1.29, 1.82) is 0 Å². The van der Waals surface area contributed by atoms with Gasteiger partial charge in [0.2, 0.25) is 5.91 Å². The summed E-state index contributed by atoms with van der Waals surface area (Å²) in [6.07, 6.45) is -4.78. The van der Waals surface area contributed by atoms with Crippen LogP contribution in [0, 0.1) is 0 Å². The molecule has 30 heavy (non-hydrogen) atoms. The normalized spacial score (nSPS) is 12.4. The summed E-state index contributed by atoms with van der Waals surface area (Å²) in [6, 6.07) is 9.40.